The first-order chi connectivity index (χ1) is 14.9. The van der Waals surface area contributed by atoms with Gasteiger partial charge in [-0.15, -0.1) is 0 Å². The van der Waals surface area contributed by atoms with Crippen molar-refractivity contribution in [2.45, 2.75) is 116 Å². The van der Waals surface area contributed by atoms with E-state index in [0.717, 1.165) is 25.2 Å². The van der Waals surface area contributed by atoms with Crippen molar-refractivity contribution in [2.24, 2.45) is 5.92 Å². The molecule has 0 aliphatic rings. The third kappa shape index (κ3) is 22.2. The molecule has 1 aromatic rings. The molecule has 1 rings (SSSR count). The molecule has 0 aromatic heterocycles. The van der Waals surface area contributed by atoms with Crippen molar-refractivity contribution in [3.8, 4) is 0 Å². The molecule has 6 heteroatoms. The van der Waals surface area contributed by atoms with E-state index < -0.39 is 10.1 Å². The van der Waals surface area contributed by atoms with Gasteiger partial charge < -0.3 is 7.96 Å². The molecule has 0 heterocycles. The average molecular weight is 499 g/mol. The maximum Gasteiger partial charge on any atom is 2.00 e. The molecular formula is C26H50CaO4S. The minimum atomic E-state index is -3.57. The monoisotopic (exact) mass is 498 g/mol. The Labute approximate surface area is 232 Å². The zero-order valence-electron chi connectivity index (χ0n) is 23.1. The van der Waals surface area contributed by atoms with Gasteiger partial charge in [0, 0.05) is 6.61 Å². The quantitative estimate of drug-likeness (QED) is 0.130. The molecule has 0 fully saturated rings. The average Bonchev–Trinajstić information content (AvgIpc) is 2.76. The fourth-order valence-corrected chi connectivity index (χ4v) is 4.22. The van der Waals surface area contributed by atoms with Crippen LogP contribution in [-0.4, -0.2) is 64.5 Å². The summed E-state index contributed by atoms with van der Waals surface area (Å²) in [6.45, 7) is 7.35. The van der Waals surface area contributed by atoms with E-state index >= 15 is 0 Å². The normalized spacial score (nSPS) is 11.0. The van der Waals surface area contributed by atoms with Crippen LogP contribution >= 0.6 is 0 Å². The molecule has 0 aliphatic heterocycles. The van der Waals surface area contributed by atoms with E-state index in [0.29, 0.717) is 6.61 Å². The SMILES string of the molecule is CC(C)CCCCCO.CCCCCCCCCCCCOS(=O)(=O)c1ccccc1.[Ca+2].[H-].[H-]. The van der Waals surface area contributed by atoms with Gasteiger partial charge in [0.2, 0.25) is 0 Å². The maximum absolute atomic E-state index is 11.9. The fraction of sp³-hybridized carbons (Fsp3) is 0.769. The molecule has 32 heavy (non-hydrogen) atoms. The van der Waals surface area contributed by atoms with E-state index in [1.165, 1.54) is 70.6 Å². The first-order valence-electron chi connectivity index (χ1n) is 12.5. The van der Waals surface area contributed by atoms with E-state index in [4.69, 9.17) is 9.29 Å². The van der Waals surface area contributed by atoms with Crippen molar-refractivity contribution < 1.29 is 20.6 Å². The molecule has 0 amide bonds. The number of rotatable bonds is 18. The number of benzene rings is 1. The van der Waals surface area contributed by atoms with Crippen LogP contribution in [0.5, 0.6) is 0 Å². The topological polar surface area (TPSA) is 63.6 Å². The van der Waals surface area contributed by atoms with E-state index in [1.807, 2.05) is 0 Å². The summed E-state index contributed by atoms with van der Waals surface area (Å²) >= 11 is 0. The molecule has 0 saturated carbocycles. The van der Waals surface area contributed by atoms with Crippen LogP contribution in [0.15, 0.2) is 35.2 Å². The van der Waals surface area contributed by atoms with Crippen LogP contribution in [0, 0.1) is 5.92 Å². The molecule has 1 N–H and O–H groups in total. The Balaban J connectivity index is -0.000000323. The molecule has 4 nitrogen and oxygen atoms in total. The van der Waals surface area contributed by atoms with Crippen LogP contribution in [-0.2, 0) is 14.3 Å². The van der Waals surface area contributed by atoms with Gasteiger partial charge >= 0.3 is 37.7 Å². The first-order valence-corrected chi connectivity index (χ1v) is 13.9. The van der Waals surface area contributed by atoms with Crippen molar-refractivity contribution in [1.29, 1.82) is 0 Å². The summed E-state index contributed by atoms with van der Waals surface area (Å²) in [5, 5.41) is 8.43. The zero-order valence-corrected chi connectivity index (χ0v) is 24.1. The Morgan fingerprint density at radius 3 is 1.81 bits per heavy atom. The molecule has 0 aliphatic carbocycles. The second kappa shape index (κ2) is 24.5. The van der Waals surface area contributed by atoms with Crippen molar-refractivity contribution in [1.82, 2.24) is 0 Å². The van der Waals surface area contributed by atoms with Gasteiger partial charge in [-0.1, -0.05) is 116 Å². The van der Waals surface area contributed by atoms with Crippen molar-refractivity contribution in [2.75, 3.05) is 13.2 Å². The minimum Gasteiger partial charge on any atom is -1.00 e. The van der Waals surface area contributed by atoms with Gasteiger partial charge in [-0.2, -0.15) is 8.42 Å². The van der Waals surface area contributed by atoms with Gasteiger partial charge in [-0.3, -0.25) is 4.18 Å². The predicted octanol–water partition coefficient (Wildman–Crippen LogP) is 7.35. The smallest absolute Gasteiger partial charge is 1.00 e. The standard InChI is InChI=1S/C18H30O3S.C8H18O.Ca.2H/c1-2-3-4-5-6-7-8-9-10-14-17-21-22(19,20)18-15-12-11-13-16-18;1-8(2)6-4-3-5-7-9;;;/h11-13,15-16H,2-10,14,17H2,1H3;8-9H,3-7H2,1-2H3;;;/q;;+2;2*-1. The molecule has 0 saturated heterocycles. The minimum absolute atomic E-state index is 0. The Kier molecular flexibility index (Phi) is 26.4. The summed E-state index contributed by atoms with van der Waals surface area (Å²) in [7, 11) is -3.57. The van der Waals surface area contributed by atoms with Crippen LogP contribution in [0.1, 0.15) is 114 Å². The van der Waals surface area contributed by atoms with Gasteiger partial charge in [0.15, 0.2) is 0 Å². The van der Waals surface area contributed by atoms with E-state index in [9.17, 15) is 8.42 Å². The largest absolute Gasteiger partial charge is 2.00 e. The van der Waals surface area contributed by atoms with Crippen molar-refractivity contribution in [3.63, 3.8) is 0 Å². The van der Waals surface area contributed by atoms with Crippen LogP contribution < -0.4 is 0 Å². The van der Waals surface area contributed by atoms with Gasteiger partial charge in [0.25, 0.3) is 10.1 Å². The molecule has 0 radical (unpaired) electrons. The summed E-state index contributed by atoms with van der Waals surface area (Å²) < 4.78 is 28.8. The molecular weight excluding hydrogens is 448 g/mol. The Hall–Kier alpha value is 0.350. The second-order valence-corrected chi connectivity index (χ2v) is 10.4. The van der Waals surface area contributed by atoms with Gasteiger partial charge in [0.1, 0.15) is 0 Å². The zero-order chi connectivity index (χ0) is 23.2. The van der Waals surface area contributed by atoms with Crippen molar-refractivity contribution in [3.05, 3.63) is 30.3 Å². The number of hydrogen-bond acceptors (Lipinski definition) is 4. The van der Waals surface area contributed by atoms with Crippen LogP contribution in [0.2, 0.25) is 0 Å². The Bertz CT molecular complexity index is 602. The second-order valence-electron chi connectivity index (χ2n) is 8.74. The third-order valence-electron chi connectivity index (χ3n) is 5.21. The predicted molar refractivity (Wildman–Crippen MR) is 140 cm³/mol. The summed E-state index contributed by atoms with van der Waals surface area (Å²) in [5.74, 6) is 0.823. The van der Waals surface area contributed by atoms with Crippen molar-refractivity contribution >= 4 is 47.9 Å². The van der Waals surface area contributed by atoms with Gasteiger partial charge in [-0.05, 0) is 30.9 Å². The fourth-order valence-electron chi connectivity index (χ4n) is 3.25. The first kappa shape index (κ1) is 34.5. The molecule has 1 aromatic carbocycles. The number of hydrogen-bond donors (Lipinski definition) is 1. The maximum atomic E-state index is 11.9. The van der Waals surface area contributed by atoms with E-state index in [-0.39, 0.29) is 52.1 Å². The summed E-state index contributed by atoms with van der Waals surface area (Å²) in [4.78, 5) is 0.238. The summed E-state index contributed by atoms with van der Waals surface area (Å²) in [6, 6.07) is 8.33. The molecule has 0 unspecified atom stereocenters. The number of aliphatic hydroxyl groups excluding tert-OH is 1. The Morgan fingerprint density at radius 2 is 1.31 bits per heavy atom. The van der Waals surface area contributed by atoms with Gasteiger partial charge in [0.05, 0.1) is 11.5 Å². The van der Waals surface area contributed by atoms with Gasteiger partial charge in [-0.25, -0.2) is 0 Å². The molecule has 0 atom stereocenters. The number of unbranched alkanes of at least 4 members (excludes halogenated alkanes) is 11. The third-order valence-corrected chi connectivity index (χ3v) is 6.53. The van der Waals surface area contributed by atoms with E-state index in [1.54, 1.807) is 30.3 Å². The summed E-state index contributed by atoms with van der Waals surface area (Å²) in [6.07, 6.45) is 17.0. The number of aliphatic hydroxyl groups is 1. The Morgan fingerprint density at radius 1 is 0.812 bits per heavy atom. The van der Waals surface area contributed by atoms with Crippen LogP contribution in [0.3, 0.4) is 0 Å². The molecule has 186 valence electrons. The summed E-state index contributed by atoms with van der Waals surface area (Å²) in [5.41, 5.74) is 0. The molecule has 0 spiro atoms. The van der Waals surface area contributed by atoms with E-state index in [2.05, 4.69) is 20.8 Å². The van der Waals surface area contributed by atoms with Crippen LogP contribution in [0.25, 0.3) is 0 Å². The molecule has 0 bridgehead atoms. The van der Waals surface area contributed by atoms with Crippen LogP contribution in [0.4, 0.5) is 0 Å².